The molecule has 0 aliphatic rings. The summed E-state index contributed by atoms with van der Waals surface area (Å²) in [7, 11) is 0. The summed E-state index contributed by atoms with van der Waals surface area (Å²) in [5, 5.41) is 18.8. The molecule has 0 saturated carbocycles. The fourth-order valence-electron chi connectivity index (χ4n) is 1.19. The number of rotatable bonds is 4. The molecule has 3 unspecified atom stereocenters. The first-order chi connectivity index (χ1) is 7.56. The van der Waals surface area contributed by atoms with Gasteiger partial charge in [-0.15, -0.1) is 0 Å². The van der Waals surface area contributed by atoms with Crippen molar-refractivity contribution in [2.75, 3.05) is 0 Å². The highest BCUT2D eigenvalue weighted by atomic mass is 35.5. The summed E-state index contributed by atoms with van der Waals surface area (Å²) in [6, 6.07) is 9.06. The van der Waals surface area contributed by atoms with Crippen molar-refractivity contribution in [2.24, 2.45) is 0 Å². The standard InChI is InChI=1S/C12H14ClNO2/c1-8(15)9(2)16-12(7-14)10-5-3-4-6-11(10)13/h3-6,8-9,12,15H,1-2H3. The van der Waals surface area contributed by atoms with Crippen LogP contribution in [0.4, 0.5) is 0 Å². The van der Waals surface area contributed by atoms with Crippen molar-refractivity contribution in [1.29, 1.82) is 5.26 Å². The predicted octanol–water partition coefficient (Wildman–Crippen LogP) is 2.69. The Labute approximate surface area is 100 Å². The van der Waals surface area contributed by atoms with Gasteiger partial charge in [0.1, 0.15) is 0 Å². The van der Waals surface area contributed by atoms with Crippen molar-refractivity contribution in [2.45, 2.75) is 32.2 Å². The van der Waals surface area contributed by atoms with Gasteiger partial charge in [-0.2, -0.15) is 5.26 Å². The summed E-state index contributed by atoms with van der Waals surface area (Å²) < 4.78 is 5.43. The van der Waals surface area contributed by atoms with Gasteiger partial charge in [-0.05, 0) is 19.9 Å². The van der Waals surface area contributed by atoms with Gasteiger partial charge in [0.05, 0.1) is 18.3 Å². The normalized spacial score (nSPS) is 16.2. The lowest BCUT2D eigenvalue weighted by molar-refractivity contribution is -0.0425. The van der Waals surface area contributed by atoms with Crippen LogP contribution in [-0.2, 0) is 4.74 Å². The molecule has 0 fully saturated rings. The molecule has 1 rings (SSSR count). The fourth-order valence-corrected chi connectivity index (χ4v) is 1.42. The lowest BCUT2D eigenvalue weighted by Gasteiger charge is -2.20. The van der Waals surface area contributed by atoms with Crippen LogP contribution < -0.4 is 0 Å². The van der Waals surface area contributed by atoms with Crippen molar-refractivity contribution in [1.82, 2.24) is 0 Å². The van der Waals surface area contributed by atoms with E-state index in [4.69, 9.17) is 21.6 Å². The molecule has 16 heavy (non-hydrogen) atoms. The second kappa shape index (κ2) is 5.86. The molecule has 0 aromatic heterocycles. The lowest BCUT2D eigenvalue weighted by Crippen LogP contribution is -2.24. The summed E-state index contributed by atoms with van der Waals surface area (Å²) in [5.74, 6) is 0. The summed E-state index contributed by atoms with van der Waals surface area (Å²) in [5.41, 5.74) is 0.624. The van der Waals surface area contributed by atoms with E-state index >= 15 is 0 Å². The number of nitriles is 1. The molecule has 86 valence electrons. The number of aliphatic hydroxyl groups excluding tert-OH is 1. The van der Waals surface area contributed by atoms with Crippen LogP contribution in [0.2, 0.25) is 5.02 Å². The molecule has 4 heteroatoms. The van der Waals surface area contributed by atoms with E-state index in [0.29, 0.717) is 10.6 Å². The summed E-state index contributed by atoms with van der Waals surface area (Å²) in [6.07, 6.45) is -1.79. The number of hydrogen-bond donors (Lipinski definition) is 1. The molecule has 0 bridgehead atoms. The first-order valence-electron chi connectivity index (χ1n) is 5.03. The first-order valence-corrected chi connectivity index (χ1v) is 5.41. The molecule has 0 heterocycles. The largest absolute Gasteiger partial charge is 0.391 e. The van der Waals surface area contributed by atoms with Crippen LogP contribution in [0, 0.1) is 11.3 Å². The first kappa shape index (κ1) is 13.0. The molecular weight excluding hydrogens is 226 g/mol. The predicted molar refractivity (Wildman–Crippen MR) is 62.0 cm³/mol. The van der Waals surface area contributed by atoms with Gasteiger partial charge in [0.2, 0.25) is 0 Å². The Kier molecular flexibility index (Phi) is 4.75. The zero-order valence-electron chi connectivity index (χ0n) is 9.22. The molecular formula is C12H14ClNO2. The van der Waals surface area contributed by atoms with Crippen molar-refractivity contribution in [3.8, 4) is 6.07 Å². The average Bonchev–Trinajstić information content (AvgIpc) is 2.26. The van der Waals surface area contributed by atoms with Crippen LogP contribution in [-0.4, -0.2) is 17.3 Å². The zero-order chi connectivity index (χ0) is 12.1. The SMILES string of the molecule is CC(O)C(C)OC(C#N)c1ccccc1Cl. The average molecular weight is 240 g/mol. The Hall–Kier alpha value is -1.08. The third-order valence-corrected chi connectivity index (χ3v) is 2.68. The number of aliphatic hydroxyl groups is 1. The van der Waals surface area contributed by atoms with Gasteiger partial charge in [0, 0.05) is 10.6 Å². The summed E-state index contributed by atoms with van der Waals surface area (Å²) in [4.78, 5) is 0. The third-order valence-electron chi connectivity index (χ3n) is 2.34. The highest BCUT2D eigenvalue weighted by molar-refractivity contribution is 6.31. The molecule has 0 aliphatic heterocycles. The van der Waals surface area contributed by atoms with Gasteiger partial charge < -0.3 is 9.84 Å². The lowest BCUT2D eigenvalue weighted by atomic mass is 10.1. The zero-order valence-corrected chi connectivity index (χ0v) is 9.98. The van der Waals surface area contributed by atoms with Crippen molar-refractivity contribution >= 4 is 11.6 Å². The summed E-state index contributed by atoms with van der Waals surface area (Å²) >= 11 is 5.97. The second-order valence-corrected chi connectivity index (χ2v) is 4.02. The van der Waals surface area contributed by atoms with Gasteiger partial charge in [-0.3, -0.25) is 0 Å². The minimum Gasteiger partial charge on any atom is -0.391 e. The highest BCUT2D eigenvalue weighted by Crippen LogP contribution is 2.26. The summed E-state index contributed by atoms with van der Waals surface area (Å²) in [6.45, 7) is 3.33. The molecule has 1 aromatic rings. The van der Waals surface area contributed by atoms with Crippen LogP contribution >= 0.6 is 11.6 Å². The van der Waals surface area contributed by atoms with Crippen LogP contribution in [0.1, 0.15) is 25.5 Å². The van der Waals surface area contributed by atoms with Gasteiger partial charge in [-0.25, -0.2) is 0 Å². The minimum absolute atomic E-state index is 0.416. The number of benzene rings is 1. The van der Waals surface area contributed by atoms with Crippen LogP contribution in [0.25, 0.3) is 0 Å². The van der Waals surface area contributed by atoms with E-state index in [1.54, 1.807) is 38.1 Å². The second-order valence-electron chi connectivity index (χ2n) is 3.61. The molecule has 0 spiro atoms. The number of nitrogens with zero attached hydrogens (tertiary/aromatic N) is 1. The smallest absolute Gasteiger partial charge is 0.170 e. The quantitative estimate of drug-likeness (QED) is 0.879. The number of halogens is 1. The minimum atomic E-state index is -0.752. The molecule has 1 aromatic carbocycles. The molecule has 0 radical (unpaired) electrons. The Morgan fingerprint density at radius 3 is 2.50 bits per heavy atom. The molecule has 0 amide bonds. The van der Waals surface area contributed by atoms with Crippen LogP contribution in [0.5, 0.6) is 0 Å². The van der Waals surface area contributed by atoms with E-state index in [2.05, 4.69) is 0 Å². The van der Waals surface area contributed by atoms with E-state index in [1.165, 1.54) is 0 Å². The van der Waals surface area contributed by atoms with E-state index < -0.39 is 18.3 Å². The Morgan fingerprint density at radius 2 is 2.00 bits per heavy atom. The maximum atomic E-state index is 9.31. The van der Waals surface area contributed by atoms with Gasteiger partial charge in [0.25, 0.3) is 0 Å². The van der Waals surface area contributed by atoms with Gasteiger partial charge in [-0.1, -0.05) is 29.8 Å². The number of ether oxygens (including phenoxy) is 1. The fraction of sp³-hybridized carbons (Fsp3) is 0.417. The van der Waals surface area contributed by atoms with Crippen molar-refractivity contribution < 1.29 is 9.84 Å². The topological polar surface area (TPSA) is 53.2 Å². The van der Waals surface area contributed by atoms with Gasteiger partial charge >= 0.3 is 0 Å². The molecule has 3 atom stereocenters. The molecule has 1 N–H and O–H groups in total. The molecule has 0 aliphatic carbocycles. The Balaban J connectivity index is 2.84. The van der Waals surface area contributed by atoms with Crippen molar-refractivity contribution in [3.63, 3.8) is 0 Å². The van der Waals surface area contributed by atoms with E-state index in [0.717, 1.165) is 0 Å². The van der Waals surface area contributed by atoms with Crippen LogP contribution in [0.3, 0.4) is 0 Å². The van der Waals surface area contributed by atoms with Crippen molar-refractivity contribution in [3.05, 3.63) is 34.9 Å². The van der Waals surface area contributed by atoms with E-state index in [1.807, 2.05) is 6.07 Å². The third kappa shape index (κ3) is 3.21. The Morgan fingerprint density at radius 1 is 1.38 bits per heavy atom. The molecule has 3 nitrogen and oxygen atoms in total. The van der Waals surface area contributed by atoms with E-state index in [9.17, 15) is 5.11 Å². The highest BCUT2D eigenvalue weighted by Gasteiger charge is 2.19. The maximum absolute atomic E-state index is 9.31. The van der Waals surface area contributed by atoms with Gasteiger partial charge in [0.15, 0.2) is 6.10 Å². The maximum Gasteiger partial charge on any atom is 0.170 e. The number of hydrogen-bond acceptors (Lipinski definition) is 3. The molecule has 0 saturated heterocycles. The van der Waals surface area contributed by atoms with E-state index in [-0.39, 0.29) is 0 Å². The van der Waals surface area contributed by atoms with Crippen LogP contribution in [0.15, 0.2) is 24.3 Å². The monoisotopic (exact) mass is 239 g/mol. The Bertz CT molecular complexity index is 387.